The fourth-order valence-electron chi connectivity index (χ4n) is 1.05. The number of hydrogen-bond donors (Lipinski definition) is 2. The number of carbonyl (C=O) groups excluding carboxylic acids is 1. The molecular weight excluding hydrogens is 178 g/mol. The van der Waals surface area contributed by atoms with Crippen LogP contribution in [0.5, 0.6) is 0 Å². The van der Waals surface area contributed by atoms with Crippen molar-refractivity contribution in [3.05, 3.63) is 30.1 Å². The zero-order valence-corrected chi connectivity index (χ0v) is 8.07. The summed E-state index contributed by atoms with van der Waals surface area (Å²) >= 11 is 0. The molecule has 0 aliphatic rings. The Hall–Kier alpha value is -1.42. The molecular formula is C10H15N3O. The molecule has 4 heteroatoms. The Kier molecular flexibility index (Phi) is 4.64. The first-order valence-corrected chi connectivity index (χ1v) is 4.68. The van der Waals surface area contributed by atoms with Gasteiger partial charge in [-0.3, -0.25) is 9.78 Å². The van der Waals surface area contributed by atoms with E-state index in [4.69, 9.17) is 5.73 Å². The van der Waals surface area contributed by atoms with Gasteiger partial charge in [0.2, 0.25) is 5.91 Å². The first-order valence-electron chi connectivity index (χ1n) is 4.68. The summed E-state index contributed by atoms with van der Waals surface area (Å²) in [6.07, 6.45) is 4.66. The predicted molar refractivity (Wildman–Crippen MR) is 54.4 cm³/mol. The normalized spacial score (nSPS) is 9.79. The van der Waals surface area contributed by atoms with Gasteiger partial charge in [0.1, 0.15) is 0 Å². The predicted octanol–water partition coefficient (Wildman–Crippen LogP) is 0.437. The van der Waals surface area contributed by atoms with E-state index < -0.39 is 0 Å². The van der Waals surface area contributed by atoms with Crippen molar-refractivity contribution in [3.63, 3.8) is 0 Å². The minimum absolute atomic E-state index is 0.0484. The van der Waals surface area contributed by atoms with Crippen LogP contribution in [0.2, 0.25) is 0 Å². The van der Waals surface area contributed by atoms with Crippen molar-refractivity contribution in [1.29, 1.82) is 0 Å². The molecule has 0 fully saturated rings. The fourth-order valence-corrected chi connectivity index (χ4v) is 1.05. The van der Waals surface area contributed by atoms with Crippen LogP contribution >= 0.6 is 0 Å². The van der Waals surface area contributed by atoms with E-state index in [0.29, 0.717) is 19.5 Å². The van der Waals surface area contributed by atoms with Gasteiger partial charge in [0.25, 0.3) is 0 Å². The summed E-state index contributed by atoms with van der Waals surface area (Å²) in [6, 6.07) is 3.76. The van der Waals surface area contributed by atoms with E-state index in [1.807, 2.05) is 12.1 Å². The molecule has 1 aromatic heterocycles. The number of amides is 1. The Morgan fingerprint density at radius 1 is 1.43 bits per heavy atom. The average Bonchev–Trinajstić information content (AvgIpc) is 2.25. The van der Waals surface area contributed by atoms with Crippen LogP contribution in [0.1, 0.15) is 18.4 Å². The Morgan fingerprint density at radius 3 is 2.79 bits per heavy atom. The van der Waals surface area contributed by atoms with Crippen LogP contribution in [0, 0.1) is 0 Å². The maximum Gasteiger partial charge on any atom is 0.220 e. The van der Waals surface area contributed by atoms with Crippen molar-refractivity contribution >= 4 is 5.91 Å². The monoisotopic (exact) mass is 193 g/mol. The summed E-state index contributed by atoms with van der Waals surface area (Å²) in [5, 5.41) is 2.81. The van der Waals surface area contributed by atoms with Crippen molar-refractivity contribution in [2.24, 2.45) is 5.73 Å². The molecule has 0 aliphatic heterocycles. The lowest BCUT2D eigenvalue weighted by Gasteiger charge is -2.03. The second-order valence-corrected chi connectivity index (χ2v) is 3.02. The highest BCUT2D eigenvalue weighted by Gasteiger charge is 1.99. The van der Waals surface area contributed by atoms with E-state index in [0.717, 1.165) is 12.0 Å². The molecule has 4 nitrogen and oxygen atoms in total. The highest BCUT2D eigenvalue weighted by Crippen LogP contribution is 1.95. The molecule has 0 aliphatic carbocycles. The van der Waals surface area contributed by atoms with E-state index in [1.54, 1.807) is 12.4 Å². The topological polar surface area (TPSA) is 68.0 Å². The molecule has 0 saturated heterocycles. The maximum atomic E-state index is 11.2. The van der Waals surface area contributed by atoms with Crippen molar-refractivity contribution in [1.82, 2.24) is 10.3 Å². The minimum Gasteiger partial charge on any atom is -0.352 e. The lowest BCUT2D eigenvalue weighted by atomic mass is 10.2. The van der Waals surface area contributed by atoms with Gasteiger partial charge in [-0.15, -0.1) is 0 Å². The van der Waals surface area contributed by atoms with Crippen LogP contribution in [-0.4, -0.2) is 17.4 Å². The summed E-state index contributed by atoms with van der Waals surface area (Å²) < 4.78 is 0. The number of nitrogens with zero attached hydrogens (tertiary/aromatic N) is 1. The van der Waals surface area contributed by atoms with Gasteiger partial charge < -0.3 is 11.1 Å². The lowest BCUT2D eigenvalue weighted by Crippen LogP contribution is -2.23. The molecule has 1 heterocycles. The largest absolute Gasteiger partial charge is 0.352 e. The highest BCUT2D eigenvalue weighted by atomic mass is 16.1. The molecule has 0 aromatic carbocycles. The molecule has 1 amide bonds. The number of nitrogens with one attached hydrogen (secondary N) is 1. The van der Waals surface area contributed by atoms with Crippen molar-refractivity contribution < 1.29 is 4.79 Å². The molecule has 0 spiro atoms. The highest BCUT2D eigenvalue weighted by molar-refractivity contribution is 5.75. The molecule has 76 valence electrons. The van der Waals surface area contributed by atoms with E-state index in [2.05, 4.69) is 10.3 Å². The Labute approximate surface area is 83.5 Å². The Morgan fingerprint density at radius 2 is 2.14 bits per heavy atom. The van der Waals surface area contributed by atoms with Gasteiger partial charge in [-0.25, -0.2) is 0 Å². The third-order valence-corrected chi connectivity index (χ3v) is 1.85. The van der Waals surface area contributed by atoms with Crippen LogP contribution in [0.4, 0.5) is 0 Å². The number of aromatic nitrogens is 1. The molecule has 0 unspecified atom stereocenters. The maximum absolute atomic E-state index is 11.2. The van der Waals surface area contributed by atoms with Gasteiger partial charge in [-0.1, -0.05) is 0 Å². The molecule has 1 rings (SSSR count). The van der Waals surface area contributed by atoms with Gasteiger partial charge in [-0.05, 0) is 30.7 Å². The zero-order chi connectivity index (χ0) is 10.2. The van der Waals surface area contributed by atoms with Crippen molar-refractivity contribution in [3.8, 4) is 0 Å². The van der Waals surface area contributed by atoms with Gasteiger partial charge in [0, 0.05) is 25.4 Å². The lowest BCUT2D eigenvalue weighted by molar-refractivity contribution is -0.121. The number of nitrogens with two attached hydrogens (primary N) is 1. The van der Waals surface area contributed by atoms with E-state index in [9.17, 15) is 4.79 Å². The van der Waals surface area contributed by atoms with Gasteiger partial charge >= 0.3 is 0 Å². The third-order valence-electron chi connectivity index (χ3n) is 1.85. The van der Waals surface area contributed by atoms with Crippen LogP contribution < -0.4 is 11.1 Å². The second-order valence-electron chi connectivity index (χ2n) is 3.02. The third kappa shape index (κ3) is 4.00. The summed E-state index contributed by atoms with van der Waals surface area (Å²) in [5.74, 6) is 0.0484. The second kappa shape index (κ2) is 6.10. The molecule has 0 saturated carbocycles. The van der Waals surface area contributed by atoms with Crippen LogP contribution in [-0.2, 0) is 11.3 Å². The van der Waals surface area contributed by atoms with Gasteiger partial charge in [-0.2, -0.15) is 0 Å². The first-order chi connectivity index (χ1) is 6.83. The average molecular weight is 193 g/mol. The summed E-state index contributed by atoms with van der Waals surface area (Å²) in [7, 11) is 0. The Balaban J connectivity index is 2.24. The molecule has 3 N–H and O–H groups in total. The number of rotatable bonds is 5. The molecule has 0 bridgehead atoms. The van der Waals surface area contributed by atoms with E-state index in [-0.39, 0.29) is 5.91 Å². The van der Waals surface area contributed by atoms with Gasteiger partial charge in [0.15, 0.2) is 0 Å². The minimum atomic E-state index is 0.0484. The number of pyridine rings is 1. The smallest absolute Gasteiger partial charge is 0.220 e. The Bertz CT molecular complexity index is 274. The fraction of sp³-hybridized carbons (Fsp3) is 0.400. The standard InChI is InChI=1S/C10H15N3O/c11-5-1-2-10(14)13-8-9-3-6-12-7-4-9/h3-4,6-7H,1-2,5,8,11H2,(H,13,14). The quantitative estimate of drug-likeness (QED) is 0.712. The molecule has 0 atom stereocenters. The molecule has 1 aromatic rings. The van der Waals surface area contributed by atoms with Crippen molar-refractivity contribution in [2.45, 2.75) is 19.4 Å². The number of hydrogen-bond acceptors (Lipinski definition) is 3. The van der Waals surface area contributed by atoms with Crippen LogP contribution in [0.15, 0.2) is 24.5 Å². The van der Waals surface area contributed by atoms with E-state index in [1.165, 1.54) is 0 Å². The van der Waals surface area contributed by atoms with Crippen LogP contribution in [0.3, 0.4) is 0 Å². The van der Waals surface area contributed by atoms with Crippen molar-refractivity contribution in [2.75, 3.05) is 6.54 Å². The van der Waals surface area contributed by atoms with E-state index >= 15 is 0 Å². The summed E-state index contributed by atoms with van der Waals surface area (Å²) in [6.45, 7) is 1.12. The summed E-state index contributed by atoms with van der Waals surface area (Å²) in [4.78, 5) is 15.1. The zero-order valence-electron chi connectivity index (χ0n) is 8.07. The molecule has 0 radical (unpaired) electrons. The van der Waals surface area contributed by atoms with Gasteiger partial charge in [0.05, 0.1) is 0 Å². The first kappa shape index (κ1) is 10.7. The molecule has 14 heavy (non-hydrogen) atoms. The van der Waals surface area contributed by atoms with Crippen LogP contribution in [0.25, 0.3) is 0 Å². The SMILES string of the molecule is NCCCC(=O)NCc1ccncc1. The number of carbonyl (C=O) groups is 1. The summed E-state index contributed by atoms with van der Waals surface area (Å²) in [5.41, 5.74) is 6.35.